The molecule has 5 heteroatoms. The highest BCUT2D eigenvalue weighted by Crippen LogP contribution is 2.34. The van der Waals surface area contributed by atoms with Crippen molar-refractivity contribution in [3.63, 3.8) is 0 Å². The van der Waals surface area contributed by atoms with Crippen LogP contribution in [0.5, 0.6) is 0 Å². The number of nitrogens with one attached hydrogen (secondary N) is 1. The lowest BCUT2D eigenvalue weighted by atomic mass is 10.1. The normalized spacial score (nSPS) is 11.8. The molecule has 2 aromatic rings. The summed E-state index contributed by atoms with van der Waals surface area (Å²) >= 11 is 9.51. The summed E-state index contributed by atoms with van der Waals surface area (Å²) in [5, 5.41) is 6.36. The van der Waals surface area contributed by atoms with Crippen LogP contribution in [0.3, 0.4) is 0 Å². The van der Waals surface area contributed by atoms with Crippen molar-refractivity contribution in [1.29, 1.82) is 0 Å². The Hall–Kier alpha value is -0.550. The van der Waals surface area contributed by atoms with E-state index in [-0.39, 0.29) is 5.54 Å². The first-order valence-electron chi connectivity index (χ1n) is 6.47. The van der Waals surface area contributed by atoms with Gasteiger partial charge in [-0.25, -0.2) is 4.98 Å². The standard InChI is InChI=1S/C15H19ClN2S2/c1-10-9-19-14(18-10)20-13-6-5-12(16)7-11(13)8-17-15(2,3)4/h5-7,9,17H,8H2,1-4H3. The molecule has 0 amide bonds. The van der Waals surface area contributed by atoms with Crippen LogP contribution in [0.2, 0.25) is 5.02 Å². The molecule has 20 heavy (non-hydrogen) atoms. The molecule has 0 bridgehead atoms. The fourth-order valence-electron chi connectivity index (χ4n) is 1.62. The van der Waals surface area contributed by atoms with Crippen LogP contribution in [-0.2, 0) is 6.54 Å². The van der Waals surface area contributed by atoms with Gasteiger partial charge in [0.15, 0.2) is 4.34 Å². The van der Waals surface area contributed by atoms with Crippen molar-refractivity contribution in [3.05, 3.63) is 39.9 Å². The Labute approximate surface area is 134 Å². The Bertz CT molecular complexity index is 588. The lowest BCUT2D eigenvalue weighted by Crippen LogP contribution is -2.35. The van der Waals surface area contributed by atoms with Crippen LogP contribution in [0.15, 0.2) is 32.8 Å². The van der Waals surface area contributed by atoms with Gasteiger partial charge in [0.1, 0.15) is 0 Å². The number of rotatable bonds is 4. The molecule has 0 aliphatic carbocycles. The SMILES string of the molecule is Cc1csc(Sc2ccc(Cl)cc2CNC(C)(C)C)n1. The van der Waals surface area contributed by atoms with Crippen LogP contribution in [0.25, 0.3) is 0 Å². The first-order valence-corrected chi connectivity index (χ1v) is 8.54. The Morgan fingerprint density at radius 1 is 1.35 bits per heavy atom. The number of thiazole rings is 1. The number of halogens is 1. The highest BCUT2D eigenvalue weighted by Gasteiger charge is 2.12. The maximum atomic E-state index is 6.12. The van der Waals surface area contributed by atoms with E-state index >= 15 is 0 Å². The van der Waals surface area contributed by atoms with Crippen LogP contribution >= 0.6 is 34.7 Å². The molecule has 0 spiro atoms. The van der Waals surface area contributed by atoms with Gasteiger partial charge in [0, 0.05) is 33.1 Å². The fraction of sp³-hybridized carbons (Fsp3) is 0.400. The number of aromatic nitrogens is 1. The number of benzene rings is 1. The number of nitrogens with zero attached hydrogens (tertiary/aromatic N) is 1. The molecule has 0 radical (unpaired) electrons. The molecule has 1 heterocycles. The second kappa shape index (κ2) is 6.48. The zero-order chi connectivity index (χ0) is 14.8. The van der Waals surface area contributed by atoms with Crippen molar-refractivity contribution in [1.82, 2.24) is 10.3 Å². The molecule has 0 saturated carbocycles. The van der Waals surface area contributed by atoms with Crippen molar-refractivity contribution in [2.75, 3.05) is 0 Å². The van der Waals surface area contributed by atoms with Gasteiger partial charge in [-0.3, -0.25) is 0 Å². The molecule has 2 rings (SSSR count). The molecule has 0 atom stereocenters. The zero-order valence-corrected chi connectivity index (χ0v) is 14.5. The third kappa shape index (κ3) is 4.77. The molecule has 1 aromatic carbocycles. The monoisotopic (exact) mass is 326 g/mol. The van der Waals surface area contributed by atoms with Gasteiger partial charge < -0.3 is 5.32 Å². The van der Waals surface area contributed by atoms with Crippen molar-refractivity contribution in [2.24, 2.45) is 0 Å². The first kappa shape index (κ1) is 15.8. The quantitative estimate of drug-likeness (QED) is 0.841. The van der Waals surface area contributed by atoms with Crippen LogP contribution in [-0.4, -0.2) is 10.5 Å². The average Bonchev–Trinajstić information content (AvgIpc) is 2.74. The molecule has 2 nitrogen and oxygen atoms in total. The maximum Gasteiger partial charge on any atom is 0.154 e. The second-order valence-corrected chi connectivity index (χ2v) is 8.30. The van der Waals surface area contributed by atoms with Crippen LogP contribution in [0, 0.1) is 6.92 Å². The van der Waals surface area contributed by atoms with Gasteiger partial charge in [-0.15, -0.1) is 11.3 Å². The Morgan fingerprint density at radius 3 is 2.70 bits per heavy atom. The third-order valence-electron chi connectivity index (χ3n) is 2.63. The summed E-state index contributed by atoms with van der Waals surface area (Å²) in [6.45, 7) is 9.30. The molecule has 108 valence electrons. The molecule has 1 aromatic heterocycles. The van der Waals surface area contributed by atoms with Crippen molar-refractivity contribution in [2.45, 2.75) is 49.0 Å². The third-order valence-corrected chi connectivity index (χ3v) is 5.04. The van der Waals surface area contributed by atoms with Crippen LogP contribution < -0.4 is 5.32 Å². The predicted octanol–water partition coefficient (Wildman–Crippen LogP) is 5.14. The molecule has 1 N–H and O–H groups in total. The van der Waals surface area contributed by atoms with Gasteiger partial charge in [0.25, 0.3) is 0 Å². The maximum absolute atomic E-state index is 6.12. The molecule has 0 aliphatic heterocycles. The van der Waals surface area contributed by atoms with Crippen LogP contribution in [0.4, 0.5) is 0 Å². The summed E-state index contributed by atoms with van der Waals surface area (Å²) in [5.74, 6) is 0. The molecule has 0 saturated heterocycles. The Balaban J connectivity index is 2.19. The van der Waals surface area contributed by atoms with Crippen molar-refractivity contribution >= 4 is 34.7 Å². The van der Waals surface area contributed by atoms with E-state index in [1.54, 1.807) is 23.1 Å². The summed E-state index contributed by atoms with van der Waals surface area (Å²) in [7, 11) is 0. The first-order chi connectivity index (χ1) is 9.33. The molecule has 0 aliphatic rings. The van der Waals surface area contributed by atoms with E-state index in [4.69, 9.17) is 11.6 Å². The van der Waals surface area contributed by atoms with Crippen LogP contribution in [0.1, 0.15) is 32.0 Å². The minimum atomic E-state index is 0.0853. The minimum absolute atomic E-state index is 0.0853. The highest BCUT2D eigenvalue weighted by molar-refractivity contribution is 8.01. The van der Waals surface area contributed by atoms with Gasteiger partial charge in [-0.05, 0) is 51.5 Å². The van der Waals surface area contributed by atoms with Crippen molar-refractivity contribution in [3.8, 4) is 0 Å². The van der Waals surface area contributed by atoms with E-state index < -0.39 is 0 Å². The lowest BCUT2D eigenvalue weighted by molar-refractivity contribution is 0.422. The summed E-state index contributed by atoms with van der Waals surface area (Å²) < 4.78 is 1.07. The fourth-order valence-corrected chi connectivity index (χ4v) is 3.72. The largest absolute Gasteiger partial charge is 0.308 e. The Kier molecular flexibility index (Phi) is 5.13. The van der Waals surface area contributed by atoms with Crippen molar-refractivity contribution < 1.29 is 0 Å². The van der Waals surface area contributed by atoms with E-state index in [2.05, 4.69) is 42.5 Å². The highest BCUT2D eigenvalue weighted by atomic mass is 35.5. The van der Waals surface area contributed by atoms with E-state index in [0.717, 1.165) is 21.6 Å². The van der Waals surface area contributed by atoms with E-state index in [9.17, 15) is 0 Å². The average molecular weight is 327 g/mol. The van der Waals surface area contributed by atoms with Gasteiger partial charge in [-0.1, -0.05) is 23.4 Å². The summed E-state index contributed by atoms with van der Waals surface area (Å²) in [6.07, 6.45) is 0. The number of hydrogen-bond donors (Lipinski definition) is 1. The summed E-state index contributed by atoms with van der Waals surface area (Å²) in [6, 6.07) is 6.04. The Morgan fingerprint density at radius 2 is 2.10 bits per heavy atom. The van der Waals surface area contributed by atoms with E-state index in [1.807, 2.05) is 19.1 Å². The summed E-state index contributed by atoms with van der Waals surface area (Å²) in [5.41, 5.74) is 2.37. The van der Waals surface area contributed by atoms with Gasteiger partial charge >= 0.3 is 0 Å². The smallest absolute Gasteiger partial charge is 0.154 e. The van der Waals surface area contributed by atoms with E-state index in [0.29, 0.717) is 0 Å². The molecular formula is C15H19ClN2S2. The molecule has 0 fully saturated rings. The number of aryl methyl sites for hydroxylation is 1. The minimum Gasteiger partial charge on any atom is -0.308 e. The molecule has 0 unspecified atom stereocenters. The lowest BCUT2D eigenvalue weighted by Gasteiger charge is -2.21. The zero-order valence-electron chi connectivity index (χ0n) is 12.2. The van der Waals surface area contributed by atoms with Gasteiger partial charge in [0.05, 0.1) is 0 Å². The molecular weight excluding hydrogens is 308 g/mol. The van der Waals surface area contributed by atoms with Gasteiger partial charge in [-0.2, -0.15) is 0 Å². The van der Waals surface area contributed by atoms with E-state index in [1.165, 1.54) is 10.5 Å². The van der Waals surface area contributed by atoms with Gasteiger partial charge in [0.2, 0.25) is 0 Å². The predicted molar refractivity (Wildman–Crippen MR) is 89.0 cm³/mol. The second-order valence-electron chi connectivity index (χ2n) is 5.71. The topological polar surface area (TPSA) is 24.9 Å². The summed E-state index contributed by atoms with van der Waals surface area (Å²) in [4.78, 5) is 5.72. The number of hydrogen-bond acceptors (Lipinski definition) is 4.